The molecule has 5 heteroatoms. The minimum atomic E-state index is 0.124. The van der Waals surface area contributed by atoms with Gasteiger partial charge >= 0.3 is 0 Å². The molecule has 1 aliphatic heterocycles. The van der Waals surface area contributed by atoms with E-state index >= 15 is 0 Å². The molecular formula is C22H29N3O2. The molecule has 1 N–H and O–H groups in total. The van der Waals surface area contributed by atoms with Crippen molar-refractivity contribution in [3.8, 4) is 5.75 Å². The van der Waals surface area contributed by atoms with Crippen LogP contribution in [0.25, 0.3) is 0 Å². The molecule has 1 amide bonds. The Labute approximate surface area is 161 Å². The predicted octanol–water partition coefficient (Wildman–Crippen LogP) is 3.38. The number of piperazine rings is 1. The highest BCUT2D eigenvalue weighted by molar-refractivity contribution is 5.82. The molecule has 0 spiro atoms. The monoisotopic (exact) mass is 367 g/mol. The van der Waals surface area contributed by atoms with Crippen molar-refractivity contribution in [1.82, 2.24) is 4.90 Å². The van der Waals surface area contributed by atoms with E-state index in [1.165, 1.54) is 16.8 Å². The molecule has 0 radical (unpaired) electrons. The van der Waals surface area contributed by atoms with Gasteiger partial charge in [-0.15, -0.1) is 0 Å². The minimum absolute atomic E-state index is 0.124. The van der Waals surface area contributed by atoms with Crippen LogP contribution in [0.15, 0.2) is 36.4 Å². The number of carbonyl (C=O) groups excluding carboxylic acids is 1. The Balaban J connectivity index is 1.56. The summed E-state index contributed by atoms with van der Waals surface area (Å²) in [6.45, 7) is 9.85. The molecule has 0 atom stereocenters. The van der Waals surface area contributed by atoms with Gasteiger partial charge in [0.05, 0.1) is 19.3 Å². The summed E-state index contributed by atoms with van der Waals surface area (Å²) in [5.74, 6) is 0.882. The maximum atomic E-state index is 12.6. The Morgan fingerprint density at radius 3 is 2.52 bits per heavy atom. The molecule has 3 rings (SSSR count). The van der Waals surface area contributed by atoms with Crippen molar-refractivity contribution >= 4 is 17.3 Å². The largest absolute Gasteiger partial charge is 0.495 e. The number of nitrogens with zero attached hydrogens (tertiary/aromatic N) is 2. The highest BCUT2D eigenvalue weighted by Crippen LogP contribution is 2.26. The van der Waals surface area contributed by atoms with Crippen LogP contribution in [0.3, 0.4) is 0 Å². The van der Waals surface area contributed by atoms with E-state index in [9.17, 15) is 4.79 Å². The zero-order chi connectivity index (χ0) is 19.4. The molecule has 2 aromatic rings. The van der Waals surface area contributed by atoms with Gasteiger partial charge in [-0.05, 0) is 55.7 Å². The van der Waals surface area contributed by atoms with Crippen molar-refractivity contribution in [1.29, 1.82) is 0 Å². The second kappa shape index (κ2) is 8.33. The number of anilines is 2. The number of methoxy groups -OCH3 is 1. The fourth-order valence-corrected chi connectivity index (χ4v) is 3.52. The van der Waals surface area contributed by atoms with E-state index in [2.05, 4.69) is 42.3 Å². The lowest BCUT2D eigenvalue weighted by atomic mass is 10.1. The molecular weight excluding hydrogens is 338 g/mol. The lowest BCUT2D eigenvalue weighted by Crippen LogP contribution is -2.50. The fourth-order valence-electron chi connectivity index (χ4n) is 3.52. The highest BCUT2D eigenvalue weighted by atomic mass is 16.5. The molecule has 27 heavy (non-hydrogen) atoms. The lowest BCUT2D eigenvalue weighted by Gasteiger charge is -2.37. The van der Waals surface area contributed by atoms with E-state index < -0.39 is 0 Å². The maximum Gasteiger partial charge on any atom is 0.241 e. The number of hydrogen-bond donors (Lipinski definition) is 1. The predicted molar refractivity (Wildman–Crippen MR) is 111 cm³/mol. The number of ether oxygens (including phenoxy) is 1. The third-order valence-electron chi connectivity index (χ3n) is 5.33. The van der Waals surface area contributed by atoms with Crippen molar-refractivity contribution in [3.05, 3.63) is 53.1 Å². The van der Waals surface area contributed by atoms with Gasteiger partial charge in [0, 0.05) is 31.9 Å². The van der Waals surface area contributed by atoms with E-state index in [0.29, 0.717) is 0 Å². The van der Waals surface area contributed by atoms with Crippen LogP contribution in [-0.4, -0.2) is 50.6 Å². The summed E-state index contributed by atoms with van der Waals surface area (Å²) in [6.07, 6.45) is 0. The maximum absolute atomic E-state index is 12.6. The molecule has 0 aliphatic carbocycles. The average Bonchev–Trinajstić information content (AvgIpc) is 2.68. The molecule has 2 aromatic carbocycles. The first-order valence-corrected chi connectivity index (χ1v) is 9.47. The van der Waals surface area contributed by atoms with E-state index in [1.54, 1.807) is 7.11 Å². The first-order valence-electron chi connectivity index (χ1n) is 9.47. The van der Waals surface area contributed by atoms with Gasteiger partial charge < -0.3 is 19.9 Å². The van der Waals surface area contributed by atoms with Gasteiger partial charge in [0.15, 0.2) is 0 Å². The van der Waals surface area contributed by atoms with E-state index in [1.807, 2.05) is 30.0 Å². The van der Waals surface area contributed by atoms with E-state index in [4.69, 9.17) is 4.74 Å². The normalized spacial score (nSPS) is 14.2. The lowest BCUT2D eigenvalue weighted by molar-refractivity contribution is -0.129. The molecule has 0 unspecified atom stereocenters. The summed E-state index contributed by atoms with van der Waals surface area (Å²) in [5.41, 5.74) is 5.91. The first kappa shape index (κ1) is 19.1. The van der Waals surface area contributed by atoms with Crippen LogP contribution in [0.4, 0.5) is 11.4 Å². The second-order valence-corrected chi connectivity index (χ2v) is 7.14. The van der Waals surface area contributed by atoms with Gasteiger partial charge in [-0.2, -0.15) is 0 Å². The van der Waals surface area contributed by atoms with Gasteiger partial charge in [-0.25, -0.2) is 0 Å². The van der Waals surface area contributed by atoms with Crippen LogP contribution in [0.2, 0.25) is 0 Å². The summed E-state index contributed by atoms with van der Waals surface area (Å²) >= 11 is 0. The number of nitrogens with one attached hydrogen (secondary N) is 1. The number of carbonyl (C=O) groups is 1. The van der Waals surface area contributed by atoms with Crippen LogP contribution < -0.4 is 15.0 Å². The van der Waals surface area contributed by atoms with E-state index in [-0.39, 0.29) is 12.5 Å². The standard InChI is InChI=1S/C22H29N3O2/c1-16-8-9-21(27-4)19(14-16)23-15-22(26)25-12-10-24(11-13-25)20-7-5-6-17(2)18(20)3/h5-9,14,23H,10-13,15H2,1-4H3. The molecule has 144 valence electrons. The van der Waals surface area contributed by atoms with Crippen molar-refractivity contribution in [2.45, 2.75) is 20.8 Å². The first-order chi connectivity index (χ1) is 13.0. The van der Waals surface area contributed by atoms with Gasteiger partial charge in [0.1, 0.15) is 5.75 Å². The van der Waals surface area contributed by atoms with E-state index in [0.717, 1.165) is 43.2 Å². The summed E-state index contributed by atoms with van der Waals surface area (Å²) in [4.78, 5) is 16.9. The third-order valence-corrected chi connectivity index (χ3v) is 5.33. The number of benzene rings is 2. The fraction of sp³-hybridized carbons (Fsp3) is 0.409. The number of rotatable bonds is 5. The van der Waals surface area contributed by atoms with Gasteiger partial charge in [0.25, 0.3) is 0 Å². The summed E-state index contributed by atoms with van der Waals surface area (Å²) < 4.78 is 5.37. The minimum Gasteiger partial charge on any atom is -0.495 e. The Bertz CT molecular complexity index is 811. The molecule has 0 aromatic heterocycles. The SMILES string of the molecule is COc1ccc(C)cc1NCC(=O)N1CCN(c2cccc(C)c2C)CC1. The zero-order valence-corrected chi connectivity index (χ0v) is 16.7. The number of aryl methyl sites for hydroxylation is 2. The topological polar surface area (TPSA) is 44.8 Å². The Kier molecular flexibility index (Phi) is 5.89. The number of hydrogen-bond acceptors (Lipinski definition) is 4. The second-order valence-electron chi connectivity index (χ2n) is 7.14. The average molecular weight is 367 g/mol. The summed E-state index contributed by atoms with van der Waals surface area (Å²) in [6, 6.07) is 12.3. The van der Waals surface area contributed by atoms with Crippen molar-refractivity contribution in [3.63, 3.8) is 0 Å². The smallest absolute Gasteiger partial charge is 0.241 e. The van der Waals surface area contributed by atoms with Crippen molar-refractivity contribution < 1.29 is 9.53 Å². The van der Waals surface area contributed by atoms with Crippen LogP contribution in [0, 0.1) is 20.8 Å². The molecule has 1 heterocycles. The van der Waals surface area contributed by atoms with Crippen LogP contribution in [0.1, 0.15) is 16.7 Å². The Morgan fingerprint density at radius 2 is 1.81 bits per heavy atom. The molecule has 5 nitrogen and oxygen atoms in total. The molecule has 0 bridgehead atoms. The highest BCUT2D eigenvalue weighted by Gasteiger charge is 2.22. The summed E-state index contributed by atoms with van der Waals surface area (Å²) in [7, 11) is 1.64. The molecule has 1 saturated heterocycles. The molecule has 1 fully saturated rings. The van der Waals surface area contributed by atoms with Crippen molar-refractivity contribution in [2.75, 3.05) is 50.1 Å². The Hall–Kier alpha value is -2.69. The van der Waals surface area contributed by atoms with Gasteiger partial charge in [0.2, 0.25) is 5.91 Å². The third kappa shape index (κ3) is 4.35. The Morgan fingerprint density at radius 1 is 1.07 bits per heavy atom. The van der Waals surface area contributed by atoms with Crippen LogP contribution in [0.5, 0.6) is 5.75 Å². The summed E-state index contributed by atoms with van der Waals surface area (Å²) in [5, 5.41) is 3.23. The number of amides is 1. The molecule has 0 saturated carbocycles. The van der Waals surface area contributed by atoms with Gasteiger partial charge in [-0.3, -0.25) is 4.79 Å². The van der Waals surface area contributed by atoms with Crippen LogP contribution >= 0.6 is 0 Å². The van der Waals surface area contributed by atoms with Crippen molar-refractivity contribution in [2.24, 2.45) is 0 Å². The zero-order valence-electron chi connectivity index (χ0n) is 16.7. The quantitative estimate of drug-likeness (QED) is 0.880. The van der Waals surface area contributed by atoms with Gasteiger partial charge in [-0.1, -0.05) is 18.2 Å². The molecule has 1 aliphatic rings. The van der Waals surface area contributed by atoms with Crippen LogP contribution in [-0.2, 0) is 4.79 Å².